The highest BCUT2D eigenvalue weighted by Crippen LogP contribution is 2.28. The molecule has 0 aliphatic rings. The highest BCUT2D eigenvalue weighted by molar-refractivity contribution is 5.89. The molecule has 0 bridgehead atoms. The Morgan fingerprint density at radius 3 is 2.57 bits per heavy atom. The molecule has 3 rings (SSSR count). The number of amidine groups is 1. The van der Waals surface area contributed by atoms with Crippen molar-refractivity contribution in [1.29, 1.82) is 0 Å². The van der Waals surface area contributed by atoms with Gasteiger partial charge in [0.15, 0.2) is 0 Å². The minimum Gasteiger partial charge on any atom is -0.489 e. The fraction of sp³-hybridized carbons (Fsp3) is 0.375. The molecule has 0 saturated carbocycles. The number of hydrogen-bond donors (Lipinski definition) is 4. The van der Waals surface area contributed by atoms with E-state index in [1.807, 2.05) is 52.1 Å². The molecule has 0 amide bonds. The molecule has 162 valence electrons. The molecule has 1 heterocycles. The first-order chi connectivity index (χ1) is 14.5. The molecule has 6 heteroatoms. The second-order valence-electron chi connectivity index (χ2n) is 7.14. The van der Waals surface area contributed by atoms with Gasteiger partial charge in [-0.1, -0.05) is 30.3 Å². The van der Waals surface area contributed by atoms with E-state index in [-0.39, 0.29) is 12.6 Å². The summed E-state index contributed by atoms with van der Waals surface area (Å²) in [5.41, 5.74) is 3.51. The number of aromatic amines is 1. The number of aliphatic hydroxyl groups is 1. The molecule has 0 fully saturated rings. The summed E-state index contributed by atoms with van der Waals surface area (Å²) in [6.45, 7) is 9.42. The second kappa shape index (κ2) is 11.9. The number of benzene rings is 2. The fourth-order valence-corrected chi connectivity index (χ4v) is 3.07. The molecule has 0 radical (unpaired) electrons. The molecule has 0 aliphatic carbocycles. The molecule has 1 atom stereocenters. The number of ether oxygens (including phenoxy) is 1. The largest absolute Gasteiger partial charge is 0.489 e. The summed E-state index contributed by atoms with van der Waals surface area (Å²) >= 11 is 0. The highest BCUT2D eigenvalue weighted by atomic mass is 16.5. The van der Waals surface area contributed by atoms with Crippen molar-refractivity contribution in [1.82, 2.24) is 10.3 Å². The van der Waals surface area contributed by atoms with E-state index >= 15 is 0 Å². The van der Waals surface area contributed by atoms with Crippen LogP contribution in [0.25, 0.3) is 10.9 Å². The molecule has 1 unspecified atom stereocenters. The van der Waals surface area contributed by atoms with E-state index in [0.29, 0.717) is 6.61 Å². The number of nitrogens with zero attached hydrogens (tertiary/aromatic N) is 1. The summed E-state index contributed by atoms with van der Waals surface area (Å²) in [4.78, 5) is 7.45. The molecular formula is C24H34N4O2. The number of aliphatic imine (C=N–C) groups is 1. The van der Waals surface area contributed by atoms with Crippen LogP contribution in [0.4, 0.5) is 5.82 Å². The van der Waals surface area contributed by atoms with Gasteiger partial charge in [-0.3, -0.25) is 4.99 Å². The number of anilines is 1. The maximum absolute atomic E-state index is 8.63. The Morgan fingerprint density at radius 1 is 1.20 bits per heavy atom. The van der Waals surface area contributed by atoms with Gasteiger partial charge in [-0.25, -0.2) is 0 Å². The topological polar surface area (TPSA) is 81.7 Å². The third kappa shape index (κ3) is 6.81. The van der Waals surface area contributed by atoms with E-state index in [4.69, 9.17) is 9.84 Å². The lowest BCUT2D eigenvalue weighted by Gasteiger charge is -2.10. The van der Waals surface area contributed by atoms with Gasteiger partial charge in [0.05, 0.1) is 12.4 Å². The summed E-state index contributed by atoms with van der Waals surface area (Å²) < 4.78 is 5.86. The Bertz CT molecular complexity index is 935. The van der Waals surface area contributed by atoms with E-state index < -0.39 is 0 Å². The van der Waals surface area contributed by atoms with Crippen molar-refractivity contribution in [3.05, 3.63) is 59.7 Å². The lowest BCUT2D eigenvalue weighted by Crippen LogP contribution is -2.33. The zero-order chi connectivity index (χ0) is 21.9. The van der Waals surface area contributed by atoms with Gasteiger partial charge in [0.25, 0.3) is 0 Å². The quantitative estimate of drug-likeness (QED) is 0.342. The first-order valence-electron chi connectivity index (χ1n) is 10.3. The van der Waals surface area contributed by atoms with E-state index in [1.54, 1.807) is 0 Å². The van der Waals surface area contributed by atoms with Gasteiger partial charge in [0, 0.05) is 30.5 Å². The zero-order valence-corrected chi connectivity index (χ0v) is 18.6. The minimum atomic E-state index is 0.107. The predicted molar refractivity (Wildman–Crippen MR) is 127 cm³/mol. The van der Waals surface area contributed by atoms with Gasteiger partial charge >= 0.3 is 0 Å². The first-order valence-corrected chi connectivity index (χ1v) is 10.3. The Kier molecular flexibility index (Phi) is 9.22. The van der Waals surface area contributed by atoms with E-state index in [2.05, 4.69) is 51.8 Å². The van der Waals surface area contributed by atoms with Crippen molar-refractivity contribution in [2.45, 2.75) is 40.3 Å². The Morgan fingerprint density at radius 2 is 1.93 bits per heavy atom. The zero-order valence-electron chi connectivity index (χ0n) is 18.6. The van der Waals surface area contributed by atoms with Gasteiger partial charge in [-0.2, -0.15) is 0 Å². The number of aromatic nitrogens is 1. The van der Waals surface area contributed by atoms with E-state index in [1.165, 1.54) is 16.5 Å². The summed E-state index contributed by atoms with van der Waals surface area (Å²) in [5, 5.41) is 16.0. The average Bonchev–Trinajstić information content (AvgIpc) is 3.08. The number of rotatable bonds is 7. The van der Waals surface area contributed by atoms with Crippen LogP contribution in [0.2, 0.25) is 0 Å². The van der Waals surface area contributed by atoms with Gasteiger partial charge < -0.3 is 25.5 Å². The van der Waals surface area contributed by atoms with Crippen molar-refractivity contribution in [2.24, 2.45) is 4.99 Å². The predicted octanol–water partition coefficient (Wildman–Crippen LogP) is 4.49. The molecular weight excluding hydrogens is 376 g/mol. The van der Waals surface area contributed by atoms with Crippen molar-refractivity contribution >= 4 is 22.6 Å². The van der Waals surface area contributed by atoms with Crippen LogP contribution in [0.15, 0.2) is 53.5 Å². The standard InChI is InChI=1S/C17H18N2O.C7H16N2O/c1-12-15-10-14(8-9-16(15)19-17(12)18-2)20-11-13-6-4-3-5-7-13;1-4-8-7(3)9-6(2)5-10/h3-10,18-19H,11H2,1-2H3;6,10H,4-5H2,1-3H3,(H,8,9). The first kappa shape index (κ1) is 23.3. The number of H-pyrrole nitrogens is 1. The Hall–Kier alpha value is -2.99. The maximum Gasteiger partial charge on any atom is 0.120 e. The van der Waals surface area contributed by atoms with E-state index in [0.717, 1.165) is 29.5 Å². The molecule has 0 aliphatic heterocycles. The molecule has 0 spiro atoms. The summed E-state index contributed by atoms with van der Waals surface area (Å²) in [6.07, 6.45) is 0. The monoisotopic (exact) mass is 410 g/mol. The van der Waals surface area contributed by atoms with Crippen LogP contribution in [0.1, 0.15) is 31.9 Å². The van der Waals surface area contributed by atoms with Crippen molar-refractivity contribution < 1.29 is 9.84 Å². The Balaban J connectivity index is 0.000000274. The minimum absolute atomic E-state index is 0.107. The molecule has 2 aromatic carbocycles. The lowest BCUT2D eigenvalue weighted by atomic mass is 10.2. The van der Waals surface area contributed by atoms with Crippen molar-refractivity contribution in [3.8, 4) is 5.75 Å². The summed E-state index contributed by atoms with van der Waals surface area (Å²) in [7, 11) is 1.92. The Labute approximate surface area is 179 Å². The average molecular weight is 411 g/mol. The third-order valence-electron chi connectivity index (χ3n) is 4.65. The van der Waals surface area contributed by atoms with E-state index in [9.17, 15) is 0 Å². The van der Waals surface area contributed by atoms with Gasteiger partial charge in [-0.15, -0.1) is 0 Å². The van der Waals surface area contributed by atoms with Crippen LogP contribution >= 0.6 is 0 Å². The van der Waals surface area contributed by atoms with Gasteiger partial charge in [0.2, 0.25) is 0 Å². The molecule has 4 N–H and O–H groups in total. The number of aliphatic hydroxyl groups excluding tert-OH is 1. The second-order valence-corrected chi connectivity index (χ2v) is 7.14. The molecule has 30 heavy (non-hydrogen) atoms. The van der Waals surface area contributed by atoms with Gasteiger partial charge in [-0.05, 0) is 57.0 Å². The van der Waals surface area contributed by atoms with Crippen LogP contribution in [-0.4, -0.2) is 42.2 Å². The van der Waals surface area contributed by atoms with Crippen molar-refractivity contribution in [2.75, 3.05) is 25.5 Å². The lowest BCUT2D eigenvalue weighted by molar-refractivity contribution is 0.264. The van der Waals surface area contributed by atoms with Crippen molar-refractivity contribution in [3.63, 3.8) is 0 Å². The summed E-state index contributed by atoms with van der Waals surface area (Å²) in [6, 6.07) is 16.5. The SMILES string of the molecule is CCN=C(C)NC(C)CO.CNc1[nH]c2ccc(OCc3ccccc3)cc2c1C. The molecule has 6 nitrogen and oxygen atoms in total. The molecule has 3 aromatic rings. The number of fused-ring (bicyclic) bond motifs is 1. The molecule has 1 aromatic heterocycles. The van der Waals surface area contributed by atoms with Crippen LogP contribution < -0.4 is 15.4 Å². The fourth-order valence-electron chi connectivity index (χ4n) is 3.07. The van der Waals surface area contributed by atoms with Gasteiger partial charge in [0.1, 0.15) is 18.2 Å². The smallest absolute Gasteiger partial charge is 0.120 e. The number of hydrogen-bond acceptors (Lipinski definition) is 4. The third-order valence-corrected chi connectivity index (χ3v) is 4.65. The summed E-state index contributed by atoms with van der Waals surface area (Å²) in [5.74, 6) is 2.84. The highest BCUT2D eigenvalue weighted by Gasteiger charge is 2.07. The molecule has 0 saturated heterocycles. The van der Waals surface area contributed by atoms with Crippen LogP contribution in [0.3, 0.4) is 0 Å². The normalized spacial score (nSPS) is 12.1. The number of nitrogens with one attached hydrogen (secondary N) is 3. The number of aryl methyl sites for hydroxylation is 1. The van der Waals surface area contributed by atoms with Crippen LogP contribution in [0.5, 0.6) is 5.75 Å². The van der Waals surface area contributed by atoms with Crippen LogP contribution in [-0.2, 0) is 6.61 Å². The maximum atomic E-state index is 8.63. The van der Waals surface area contributed by atoms with Crippen LogP contribution in [0, 0.1) is 6.92 Å².